The standard InChI is InChI=1S/C12H10FNO4/c1-6-7(13)3-4-9(17-2)11(6)8-5-10(12(15)16)18-14-8/h3-5H,1-2H3,(H,15,16). The summed E-state index contributed by atoms with van der Waals surface area (Å²) in [5, 5.41) is 12.4. The molecule has 6 heteroatoms. The Kier molecular flexibility index (Phi) is 3.01. The highest BCUT2D eigenvalue weighted by molar-refractivity contribution is 5.86. The molecule has 94 valence electrons. The first-order valence-corrected chi connectivity index (χ1v) is 5.08. The van der Waals surface area contributed by atoms with E-state index in [0.717, 1.165) is 0 Å². The fourth-order valence-electron chi connectivity index (χ4n) is 1.64. The summed E-state index contributed by atoms with van der Waals surface area (Å²) in [4.78, 5) is 10.7. The lowest BCUT2D eigenvalue weighted by molar-refractivity contribution is 0.0652. The van der Waals surface area contributed by atoms with Crippen LogP contribution in [0.1, 0.15) is 16.1 Å². The van der Waals surface area contributed by atoms with Crippen LogP contribution in [0.15, 0.2) is 22.7 Å². The van der Waals surface area contributed by atoms with E-state index in [2.05, 4.69) is 9.68 Å². The number of methoxy groups -OCH3 is 1. The van der Waals surface area contributed by atoms with E-state index < -0.39 is 11.8 Å². The first-order chi connectivity index (χ1) is 8.54. The number of nitrogens with zero attached hydrogens (tertiary/aromatic N) is 1. The summed E-state index contributed by atoms with van der Waals surface area (Å²) in [5.74, 6) is -1.57. The van der Waals surface area contributed by atoms with Crippen molar-refractivity contribution in [3.8, 4) is 17.0 Å². The van der Waals surface area contributed by atoms with Gasteiger partial charge in [-0.2, -0.15) is 0 Å². The summed E-state index contributed by atoms with van der Waals surface area (Å²) < 4.78 is 23.3. The number of carboxylic acid groups (broad SMARTS) is 1. The summed E-state index contributed by atoms with van der Waals surface area (Å²) >= 11 is 0. The largest absolute Gasteiger partial charge is 0.496 e. The Balaban J connectivity index is 2.61. The lowest BCUT2D eigenvalue weighted by Crippen LogP contribution is -1.94. The number of benzene rings is 1. The maximum Gasteiger partial charge on any atom is 0.374 e. The molecule has 1 aromatic carbocycles. The number of aromatic carboxylic acids is 1. The topological polar surface area (TPSA) is 72.6 Å². The van der Waals surface area contributed by atoms with Crippen LogP contribution in [0.4, 0.5) is 4.39 Å². The number of ether oxygens (including phenoxy) is 1. The van der Waals surface area contributed by atoms with Crippen molar-refractivity contribution < 1.29 is 23.6 Å². The highest BCUT2D eigenvalue weighted by Gasteiger charge is 2.19. The Morgan fingerprint density at radius 2 is 2.22 bits per heavy atom. The molecule has 0 bridgehead atoms. The van der Waals surface area contributed by atoms with Gasteiger partial charge in [0.1, 0.15) is 17.3 Å². The molecule has 1 heterocycles. The molecular weight excluding hydrogens is 241 g/mol. The van der Waals surface area contributed by atoms with E-state index in [1.807, 2.05) is 0 Å². The number of hydrogen-bond acceptors (Lipinski definition) is 4. The Labute approximate surface area is 102 Å². The Bertz CT molecular complexity index is 606. The predicted octanol–water partition coefficient (Wildman–Crippen LogP) is 2.50. The SMILES string of the molecule is COc1ccc(F)c(C)c1-c1cc(C(=O)O)on1. The van der Waals surface area contributed by atoms with Crippen LogP contribution in [0.3, 0.4) is 0 Å². The maximum atomic E-state index is 13.5. The highest BCUT2D eigenvalue weighted by atomic mass is 19.1. The van der Waals surface area contributed by atoms with Crippen molar-refractivity contribution in [2.45, 2.75) is 6.92 Å². The van der Waals surface area contributed by atoms with Gasteiger partial charge in [0.2, 0.25) is 5.76 Å². The van der Waals surface area contributed by atoms with Gasteiger partial charge in [0.15, 0.2) is 0 Å². The van der Waals surface area contributed by atoms with Gasteiger partial charge in [0.05, 0.1) is 12.7 Å². The van der Waals surface area contributed by atoms with Crippen LogP contribution in [0.2, 0.25) is 0 Å². The van der Waals surface area contributed by atoms with Crippen LogP contribution in [0.25, 0.3) is 11.3 Å². The van der Waals surface area contributed by atoms with Crippen LogP contribution in [0, 0.1) is 12.7 Å². The average molecular weight is 251 g/mol. The second kappa shape index (κ2) is 4.48. The molecule has 0 radical (unpaired) electrons. The molecule has 18 heavy (non-hydrogen) atoms. The molecule has 0 aliphatic rings. The van der Waals surface area contributed by atoms with Crippen LogP contribution >= 0.6 is 0 Å². The quantitative estimate of drug-likeness (QED) is 0.907. The van der Waals surface area contributed by atoms with E-state index in [-0.39, 0.29) is 11.5 Å². The van der Waals surface area contributed by atoms with Crippen molar-refractivity contribution in [1.82, 2.24) is 5.16 Å². The van der Waals surface area contributed by atoms with Crippen LogP contribution in [-0.4, -0.2) is 23.3 Å². The smallest absolute Gasteiger partial charge is 0.374 e. The van der Waals surface area contributed by atoms with Crippen molar-refractivity contribution in [2.75, 3.05) is 7.11 Å². The third kappa shape index (κ3) is 1.92. The normalized spacial score (nSPS) is 10.4. The van der Waals surface area contributed by atoms with E-state index in [0.29, 0.717) is 16.9 Å². The summed E-state index contributed by atoms with van der Waals surface area (Å²) in [5.41, 5.74) is 0.926. The molecule has 1 aromatic heterocycles. The summed E-state index contributed by atoms with van der Waals surface area (Å²) in [6.45, 7) is 1.56. The van der Waals surface area contributed by atoms with Crippen LogP contribution in [0.5, 0.6) is 5.75 Å². The van der Waals surface area contributed by atoms with Crippen molar-refractivity contribution in [1.29, 1.82) is 0 Å². The fourth-order valence-corrected chi connectivity index (χ4v) is 1.64. The molecular formula is C12H10FNO4. The van der Waals surface area contributed by atoms with Gasteiger partial charge in [-0.15, -0.1) is 0 Å². The minimum Gasteiger partial charge on any atom is -0.496 e. The Morgan fingerprint density at radius 3 is 2.78 bits per heavy atom. The second-order valence-electron chi connectivity index (χ2n) is 3.63. The number of halogens is 1. The highest BCUT2D eigenvalue weighted by Crippen LogP contribution is 2.34. The van der Waals surface area contributed by atoms with E-state index in [1.54, 1.807) is 6.92 Å². The van der Waals surface area contributed by atoms with Crippen LogP contribution < -0.4 is 4.74 Å². The van der Waals surface area contributed by atoms with Crippen LogP contribution in [-0.2, 0) is 0 Å². The Hall–Kier alpha value is -2.37. The van der Waals surface area contributed by atoms with E-state index in [4.69, 9.17) is 9.84 Å². The van der Waals surface area contributed by atoms with Gasteiger partial charge in [0.25, 0.3) is 0 Å². The van der Waals surface area contributed by atoms with E-state index in [1.165, 1.54) is 25.3 Å². The van der Waals surface area contributed by atoms with E-state index >= 15 is 0 Å². The minimum absolute atomic E-state index is 0.223. The van der Waals surface area contributed by atoms with E-state index in [9.17, 15) is 9.18 Å². The molecule has 0 amide bonds. The van der Waals surface area contributed by atoms with Gasteiger partial charge < -0.3 is 14.4 Å². The number of hydrogen-bond donors (Lipinski definition) is 1. The van der Waals surface area contributed by atoms with Crippen molar-refractivity contribution in [3.05, 3.63) is 35.3 Å². The summed E-state index contributed by atoms with van der Waals surface area (Å²) in [6.07, 6.45) is 0. The van der Waals surface area contributed by atoms with Crippen molar-refractivity contribution in [3.63, 3.8) is 0 Å². The second-order valence-corrected chi connectivity index (χ2v) is 3.63. The molecule has 0 fully saturated rings. The van der Waals surface area contributed by atoms with Gasteiger partial charge in [0, 0.05) is 6.07 Å². The minimum atomic E-state index is -1.23. The number of aromatic nitrogens is 1. The number of carboxylic acids is 1. The zero-order valence-corrected chi connectivity index (χ0v) is 9.73. The molecule has 0 aliphatic carbocycles. The number of rotatable bonds is 3. The molecule has 0 aliphatic heterocycles. The molecule has 0 saturated carbocycles. The molecule has 0 atom stereocenters. The lowest BCUT2D eigenvalue weighted by Gasteiger charge is -2.09. The molecule has 0 unspecified atom stereocenters. The molecule has 0 saturated heterocycles. The van der Waals surface area contributed by atoms with Crippen molar-refractivity contribution >= 4 is 5.97 Å². The fraction of sp³-hybridized carbons (Fsp3) is 0.167. The third-order valence-electron chi connectivity index (χ3n) is 2.56. The molecule has 1 N–H and O–H groups in total. The molecule has 2 aromatic rings. The zero-order chi connectivity index (χ0) is 13.3. The summed E-state index contributed by atoms with van der Waals surface area (Å²) in [7, 11) is 1.44. The average Bonchev–Trinajstić information content (AvgIpc) is 2.81. The molecule has 5 nitrogen and oxygen atoms in total. The predicted molar refractivity (Wildman–Crippen MR) is 60.1 cm³/mol. The van der Waals surface area contributed by atoms with Gasteiger partial charge >= 0.3 is 5.97 Å². The van der Waals surface area contributed by atoms with Gasteiger partial charge in [-0.1, -0.05) is 5.16 Å². The van der Waals surface area contributed by atoms with Gasteiger partial charge in [-0.05, 0) is 24.6 Å². The lowest BCUT2D eigenvalue weighted by atomic mass is 10.0. The summed E-state index contributed by atoms with van der Waals surface area (Å²) in [6, 6.07) is 3.95. The zero-order valence-electron chi connectivity index (χ0n) is 9.73. The first-order valence-electron chi connectivity index (χ1n) is 5.08. The monoisotopic (exact) mass is 251 g/mol. The van der Waals surface area contributed by atoms with Gasteiger partial charge in [-0.3, -0.25) is 0 Å². The molecule has 0 spiro atoms. The third-order valence-corrected chi connectivity index (χ3v) is 2.56. The first kappa shape index (κ1) is 12.1. The maximum absolute atomic E-state index is 13.5. The molecule has 2 rings (SSSR count). The number of carbonyl (C=O) groups is 1. The Morgan fingerprint density at radius 1 is 1.50 bits per heavy atom. The van der Waals surface area contributed by atoms with Gasteiger partial charge in [-0.25, -0.2) is 9.18 Å². The van der Waals surface area contributed by atoms with Crippen molar-refractivity contribution in [2.24, 2.45) is 0 Å².